The molecule has 0 spiro atoms. The Hall–Kier alpha value is -5.33. The zero-order valence-electron chi connectivity index (χ0n) is 27.4. The monoisotopic (exact) mass is 696 g/mol. The fourth-order valence-corrected chi connectivity index (χ4v) is 6.69. The number of fused-ring (bicyclic) bond motifs is 1. The van der Waals surface area contributed by atoms with E-state index in [2.05, 4.69) is 20.9 Å². The summed E-state index contributed by atoms with van der Waals surface area (Å²) in [5.74, 6) is 0.624. The molecule has 0 aliphatic carbocycles. The number of hydrogen-bond acceptors (Lipinski definition) is 9. The van der Waals surface area contributed by atoms with Crippen LogP contribution in [0.1, 0.15) is 36.2 Å². The van der Waals surface area contributed by atoms with Gasteiger partial charge in [0.05, 0.1) is 36.3 Å². The molecule has 49 heavy (non-hydrogen) atoms. The van der Waals surface area contributed by atoms with Crippen molar-refractivity contribution in [3.63, 3.8) is 0 Å². The number of nitrogens with zero attached hydrogens (tertiary/aromatic N) is 1. The first-order valence-electron chi connectivity index (χ1n) is 15.5. The number of nitrogens with one attached hydrogen (secondary N) is 3. The number of methoxy groups -OCH3 is 2. The first-order valence-corrected chi connectivity index (χ1v) is 17.2. The van der Waals surface area contributed by atoms with Crippen molar-refractivity contribution in [2.75, 3.05) is 31.5 Å². The van der Waals surface area contributed by atoms with Gasteiger partial charge in [-0.2, -0.15) is 0 Å². The molecule has 0 fully saturated rings. The largest absolute Gasteiger partial charge is 0.497 e. The van der Waals surface area contributed by atoms with Crippen LogP contribution in [0.3, 0.4) is 0 Å². The smallest absolute Gasteiger partial charge is 0.272 e. The maximum atomic E-state index is 13.7. The minimum Gasteiger partial charge on any atom is -0.497 e. The standard InChI is InChI=1S/C37H36N4O6S2/c1-5-32(36(44)41-37-40-29-17-15-27(47-6-2)22-33(29)49-37)48-28-14-10-13-25(21-28)38-35(43)30(39-34(42)23-11-8-7-9-12-23)20-24-19-26(45-3)16-18-31(24)46-4/h7-22,32H,5-6H2,1-4H3,(H,38,43)(H,39,42)(H,40,41,44)/b30-20+. The molecule has 1 heterocycles. The molecule has 5 rings (SSSR count). The molecule has 252 valence electrons. The maximum absolute atomic E-state index is 13.7. The number of hydrogen-bond donors (Lipinski definition) is 3. The summed E-state index contributed by atoms with van der Waals surface area (Å²) in [4.78, 5) is 45.5. The van der Waals surface area contributed by atoms with Crippen LogP contribution in [0.15, 0.2) is 102 Å². The van der Waals surface area contributed by atoms with Gasteiger partial charge >= 0.3 is 0 Å². The molecule has 0 radical (unpaired) electrons. The lowest BCUT2D eigenvalue weighted by Crippen LogP contribution is -2.30. The highest BCUT2D eigenvalue weighted by molar-refractivity contribution is 8.00. The molecule has 12 heteroatoms. The number of rotatable bonds is 14. The Bertz CT molecular complexity index is 1980. The SMILES string of the molecule is CCOc1ccc2nc(NC(=O)C(CC)Sc3cccc(NC(=O)/C(=C\c4cc(OC)ccc4OC)NC(=O)c4ccccc4)c3)sc2c1. The van der Waals surface area contributed by atoms with Crippen molar-refractivity contribution in [2.24, 2.45) is 0 Å². The third-order valence-corrected chi connectivity index (χ3v) is 9.49. The highest BCUT2D eigenvalue weighted by atomic mass is 32.2. The van der Waals surface area contributed by atoms with Crippen LogP contribution < -0.4 is 30.2 Å². The first kappa shape index (κ1) is 35.0. The second kappa shape index (κ2) is 16.7. The number of amides is 3. The van der Waals surface area contributed by atoms with E-state index in [-0.39, 0.29) is 11.6 Å². The second-order valence-electron chi connectivity index (χ2n) is 10.6. The average molecular weight is 697 g/mol. The number of benzene rings is 4. The average Bonchev–Trinajstić information content (AvgIpc) is 3.52. The van der Waals surface area contributed by atoms with E-state index in [9.17, 15) is 14.4 Å². The molecule has 0 aliphatic heterocycles. The lowest BCUT2D eigenvalue weighted by molar-refractivity contribution is -0.116. The van der Waals surface area contributed by atoms with Gasteiger partial charge in [0, 0.05) is 21.7 Å². The molecule has 4 aromatic carbocycles. The Kier molecular flexibility index (Phi) is 11.9. The number of thiazole rings is 1. The van der Waals surface area contributed by atoms with Gasteiger partial charge < -0.3 is 30.2 Å². The van der Waals surface area contributed by atoms with Crippen LogP contribution >= 0.6 is 23.1 Å². The second-order valence-corrected chi connectivity index (χ2v) is 12.9. The van der Waals surface area contributed by atoms with Gasteiger partial charge in [-0.1, -0.05) is 42.5 Å². The van der Waals surface area contributed by atoms with Gasteiger partial charge in [0.25, 0.3) is 11.8 Å². The van der Waals surface area contributed by atoms with Crippen LogP contribution in [0.2, 0.25) is 0 Å². The zero-order valence-corrected chi connectivity index (χ0v) is 29.1. The van der Waals surface area contributed by atoms with E-state index in [0.717, 1.165) is 20.9 Å². The molecule has 0 aliphatic rings. The van der Waals surface area contributed by atoms with E-state index < -0.39 is 17.1 Å². The van der Waals surface area contributed by atoms with Crippen molar-refractivity contribution in [3.8, 4) is 17.2 Å². The summed E-state index contributed by atoms with van der Waals surface area (Å²) in [7, 11) is 3.06. The molecule has 0 bridgehead atoms. The molecule has 0 saturated heterocycles. The van der Waals surface area contributed by atoms with Crippen molar-refractivity contribution in [3.05, 3.63) is 108 Å². The quantitative estimate of drug-likeness (QED) is 0.0799. The molecule has 1 atom stereocenters. The zero-order chi connectivity index (χ0) is 34.8. The maximum Gasteiger partial charge on any atom is 0.272 e. The van der Waals surface area contributed by atoms with Crippen LogP contribution in [-0.4, -0.2) is 48.8 Å². The molecule has 0 saturated carbocycles. The summed E-state index contributed by atoms with van der Waals surface area (Å²) in [6, 6.07) is 26.6. The first-order chi connectivity index (χ1) is 23.8. The summed E-state index contributed by atoms with van der Waals surface area (Å²) in [6.45, 7) is 4.43. The number of carbonyl (C=O) groups is 3. The van der Waals surface area contributed by atoms with Gasteiger partial charge in [0.15, 0.2) is 5.13 Å². The normalized spacial score (nSPS) is 11.8. The Labute approximate surface area is 292 Å². The molecule has 10 nitrogen and oxygen atoms in total. The summed E-state index contributed by atoms with van der Waals surface area (Å²) in [6.07, 6.45) is 2.10. The molecule has 3 N–H and O–H groups in total. The van der Waals surface area contributed by atoms with Gasteiger partial charge in [-0.25, -0.2) is 4.98 Å². The van der Waals surface area contributed by atoms with Crippen LogP contribution in [0.5, 0.6) is 17.2 Å². The minimum atomic E-state index is -0.551. The third-order valence-electron chi connectivity index (χ3n) is 7.20. The number of thioether (sulfide) groups is 1. The highest BCUT2D eigenvalue weighted by Crippen LogP contribution is 2.32. The summed E-state index contributed by atoms with van der Waals surface area (Å²) < 4.78 is 17.4. The number of aromatic nitrogens is 1. The molecule has 3 amide bonds. The van der Waals surface area contributed by atoms with E-state index in [1.165, 1.54) is 43.4 Å². The van der Waals surface area contributed by atoms with Crippen LogP contribution in [-0.2, 0) is 9.59 Å². The van der Waals surface area contributed by atoms with Gasteiger partial charge in [-0.05, 0) is 86.2 Å². The van der Waals surface area contributed by atoms with Gasteiger partial charge in [-0.3, -0.25) is 14.4 Å². The van der Waals surface area contributed by atoms with Crippen molar-refractivity contribution in [1.82, 2.24) is 10.3 Å². The lowest BCUT2D eigenvalue weighted by Gasteiger charge is -2.15. The minimum absolute atomic E-state index is 0.00603. The summed E-state index contributed by atoms with van der Waals surface area (Å²) in [5, 5.41) is 8.69. The van der Waals surface area contributed by atoms with Crippen molar-refractivity contribution >= 4 is 67.9 Å². The third kappa shape index (κ3) is 9.18. The molecular formula is C37H36N4O6S2. The topological polar surface area (TPSA) is 128 Å². The van der Waals surface area contributed by atoms with Crippen molar-refractivity contribution in [1.29, 1.82) is 0 Å². The summed E-state index contributed by atoms with van der Waals surface area (Å²) in [5.41, 5.74) is 2.19. The predicted octanol–water partition coefficient (Wildman–Crippen LogP) is 7.63. The van der Waals surface area contributed by atoms with Gasteiger partial charge in [0.2, 0.25) is 5.91 Å². The van der Waals surface area contributed by atoms with E-state index in [0.29, 0.717) is 46.5 Å². The van der Waals surface area contributed by atoms with Crippen LogP contribution in [0, 0.1) is 0 Å². The number of anilines is 2. The van der Waals surface area contributed by atoms with Gasteiger partial charge in [-0.15, -0.1) is 11.8 Å². The molecule has 1 aromatic heterocycles. The summed E-state index contributed by atoms with van der Waals surface area (Å²) >= 11 is 2.77. The molecular weight excluding hydrogens is 661 g/mol. The van der Waals surface area contributed by atoms with Crippen molar-refractivity contribution < 1.29 is 28.6 Å². The Morgan fingerprint density at radius 1 is 0.878 bits per heavy atom. The van der Waals surface area contributed by atoms with Crippen molar-refractivity contribution in [2.45, 2.75) is 30.4 Å². The van der Waals surface area contributed by atoms with E-state index >= 15 is 0 Å². The molecule has 5 aromatic rings. The Balaban J connectivity index is 1.33. The Morgan fingerprint density at radius 3 is 2.41 bits per heavy atom. The Morgan fingerprint density at radius 2 is 1.67 bits per heavy atom. The van der Waals surface area contributed by atoms with E-state index in [4.69, 9.17) is 14.2 Å². The highest BCUT2D eigenvalue weighted by Gasteiger charge is 2.21. The fraction of sp³-hybridized carbons (Fsp3) is 0.189. The van der Waals surface area contributed by atoms with E-state index in [1.807, 2.05) is 38.1 Å². The van der Waals surface area contributed by atoms with Gasteiger partial charge in [0.1, 0.15) is 22.9 Å². The number of carbonyl (C=O) groups excluding carboxylic acids is 3. The lowest BCUT2D eigenvalue weighted by atomic mass is 10.1. The van der Waals surface area contributed by atoms with Crippen LogP contribution in [0.25, 0.3) is 16.3 Å². The molecule has 1 unspecified atom stereocenters. The predicted molar refractivity (Wildman–Crippen MR) is 196 cm³/mol. The fourth-order valence-electron chi connectivity index (χ4n) is 4.78. The van der Waals surface area contributed by atoms with E-state index in [1.54, 1.807) is 66.7 Å². The van der Waals surface area contributed by atoms with Crippen LogP contribution in [0.4, 0.5) is 10.8 Å². The number of ether oxygens (including phenoxy) is 3.